The van der Waals surface area contributed by atoms with Crippen LogP contribution in [-0.2, 0) is 16.1 Å². The van der Waals surface area contributed by atoms with Gasteiger partial charge in [-0.3, -0.25) is 4.79 Å². The fraction of sp³-hybridized carbons (Fsp3) is 0.429. The van der Waals surface area contributed by atoms with Crippen molar-refractivity contribution in [1.29, 1.82) is 0 Å². The molecule has 1 fully saturated rings. The summed E-state index contributed by atoms with van der Waals surface area (Å²) in [6, 6.07) is 20.6. The number of amides is 1. The molecule has 2 unspecified atom stereocenters. The van der Waals surface area contributed by atoms with Gasteiger partial charge in [0.2, 0.25) is 0 Å². The van der Waals surface area contributed by atoms with Crippen molar-refractivity contribution in [1.82, 2.24) is 5.32 Å². The van der Waals surface area contributed by atoms with Crippen molar-refractivity contribution in [3.63, 3.8) is 0 Å². The number of carbonyl (C=O) groups excluding carboxylic acids is 1. The summed E-state index contributed by atoms with van der Waals surface area (Å²) in [7, 11) is 0. The molecule has 3 aromatic rings. The number of benzene rings is 3. The second-order valence-electron chi connectivity index (χ2n) is 11.3. The van der Waals surface area contributed by atoms with Crippen molar-refractivity contribution in [2.24, 2.45) is 5.92 Å². The normalized spacial score (nSPS) is 14.9. The number of thioether (sulfide) groups is 1. The van der Waals surface area contributed by atoms with Gasteiger partial charge in [0.25, 0.3) is 5.91 Å². The molecule has 0 saturated heterocycles. The van der Waals surface area contributed by atoms with Crippen molar-refractivity contribution in [3.8, 4) is 11.1 Å². The van der Waals surface area contributed by atoms with Gasteiger partial charge in [0.1, 0.15) is 6.04 Å². The van der Waals surface area contributed by atoms with Crippen molar-refractivity contribution in [2.45, 2.75) is 77.0 Å². The number of rotatable bonds is 14. The maximum atomic E-state index is 13.4. The number of hydrogen-bond donors (Lipinski definition) is 2. The Morgan fingerprint density at radius 2 is 1.77 bits per heavy atom. The van der Waals surface area contributed by atoms with Crippen LogP contribution in [0, 0.1) is 12.8 Å². The quantitative estimate of drug-likeness (QED) is 0.222. The molecule has 8 heteroatoms. The fourth-order valence-corrected chi connectivity index (χ4v) is 6.49. The molecule has 4 rings (SSSR count). The molecule has 0 spiro atoms. The number of hydrogen-bond acceptors (Lipinski definition) is 4. The van der Waals surface area contributed by atoms with Crippen molar-refractivity contribution in [2.75, 3.05) is 12.0 Å². The molecule has 1 aliphatic rings. The number of aryl methyl sites for hydroxylation is 1. The molecule has 2 N–H and O–H groups in total. The van der Waals surface area contributed by atoms with Gasteiger partial charge in [-0.1, -0.05) is 86.2 Å². The molecule has 1 saturated carbocycles. The maximum absolute atomic E-state index is 13.4. The van der Waals surface area contributed by atoms with E-state index in [4.69, 9.17) is 16.3 Å². The zero-order valence-corrected chi connectivity index (χ0v) is 27.2. The van der Waals surface area contributed by atoms with E-state index in [0.29, 0.717) is 29.4 Å². The number of aliphatic carboxylic acids is 1. The second kappa shape index (κ2) is 17.9. The van der Waals surface area contributed by atoms with Crippen LogP contribution in [0.1, 0.15) is 84.5 Å². The summed E-state index contributed by atoms with van der Waals surface area (Å²) >= 11 is 7.91. The number of carbonyl (C=O) groups is 2. The minimum Gasteiger partial charge on any atom is -0.480 e. The number of carboxylic acid groups (broad SMARTS) is 1. The molecule has 0 heterocycles. The zero-order chi connectivity index (χ0) is 29.9. The first-order valence-electron chi connectivity index (χ1n) is 14.9. The number of ether oxygens (including phenoxy) is 1. The van der Waals surface area contributed by atoms with E-state index in [9.17, 15) is 14.7 Å². The average molecular weight is 615 g/mol. The van der Waals surface area contributed by atoms with Crippen LogP contribution in [0.25, 0.3) is 11.1 Å². The first kappa shape index (κ1) is 35.3. The van der Waals surface area contributed by atoms with E-state index in [1.165, 1.54) is 32.1 Å². The van der Waals surface area contributed by atoms with Crippen LogP contribution in [0.5, 0.6) is 0 Å². The van der Waals surface area contributed by atoms with Crippen LogP contribution in [0.4, 0.5) is 0 Å². The van der Waals surface area contributed by atoms with E-state index in [0.717, 1.165) is 46.6 Å². The smallest absolute Gasteiger partial charge is 0.480 e. The Morgan fingerprint density at radius 1 is 1.00 bits per heavy atom. The first-order valence-corrected chi connectivity index (χ1v) is 16.7. The first-order chi connectivity index (χ1) is 20.4. The van der Waals surface area contributed by atoms with Crippen LogP contribution >= 0.6 is 23.4 Å². The zero-order valence-electron chi connectivity index (χ0n) is 25.6. The average Bonchev–Trinajstić information content (AvgIpc) is 2.99. The SMILES string of the molecule is CSCCC(NC(=O)c1ccc(COC(CCC2CCCCC2)c2cccc(Cl)c2)cc1-c1ccccc1C)C(=O)O.[Li+]. The van der Waals surface area contributed by atoms with Crippen molar-refractivity contribution >= 4 is 35.2 Å². The molecule has 1 amide bonds. The third-order valence-corrected chi connectivity index (χ3v) is 9.09. The maximum Gasteiger partial charge on any atom is 1.00 e. The summed E-state index contributed by atoms with van der Waals surface area (Å²) in [6.07, 6.45) is 10.8. The van der Waals surface area contributed by atoms with Gasteiger partial charge in [-0.2, -0.15) is 11.8 Å². The molecule has 43 heavy (non-hydrogen) atoms. The number of halogens is 1. The molecule has 224 valence electrons. The standard InChI is InChI=1S/C35H42ClNO4S.Li/c1-24-9-6-7-14-29(24)31-21-26(15-17-30(31)34(38)37-32(35(39)40)19-20-42-2)23-41-33(27-12-8-13-28(36)22-27)18-16-25-10-4-3-5-11-25;/h6-9,12-15,17,21-22,25,32-33H,3-5,10-11,16,18-20,23H2,1-2H3,(H,37,38)(H,39,40);/q;+1. The van der Waals surface area contributed by atoms with Crippen LogP contribution in [0.15, 0.2) is 66.7 Å². The topological polar surface area (TPSA) is 75.6 Å². The van der Waals surface area contributed by atoms with Crippen molar-refractivity contribution < 1.29 is 38.3 Å². The van der Waals surface area contributed by atoms with Crippen LogP contribution < -0.4 is 24.2 Å². The van der Waals surface area contributed by atoms with E-state index in [2.05, 4.69) is 11.4 Å². The van der Waals surface area contributed by atoms with Gasteiger partial charge < -0.3 is 15.2 Å². The van der Waals surface area contributed by atoms with Gasteiger partial charge in [-0.05, 0) is 96.2 Å². The van der Waals surface area contributed by atoms with E-state index >= 15 is 0 Å². The van der Waals surface area contributed by atoms with E-state index in [1.54, 1.807) is 17.8 Å². The van der Waals surface area contributed by atoms with Gasteiger partial charge in [0.05, 0.1) is 12.7 Å². The predicted octanol–water partition coefficient (Wildman–Crippen LogP) is 5.87. The van der Waals surface area contributed by atoms with Gasteiger partial charge >= 0.3 is 24.8 Å². The molecule has 0 radical (unpaired) electrons. The Labute approximate surface area is 277 Å². The van der Waals surface area contributed by atoms with Gasteiger partial charge in [-0.15, -0.1) is 0 Å². The summed E-state index contributed by atoms with van der Waals surface area (Å²) in [5.74, 6) is -0.0223. The summed E-state index contributed by atoms with van der Waals surface area (Å²) in [5, 5.41) is 13.1. The third-order valence-electron chi connectivity index (χ3n) is 8.21. The Balaban J connectivity index is 0.00000506. The van der Waals surface area contributed by atoms with Crippen LogP contribution in [0.2, 0.25) is 5.02 Å². The van der Waals surface area contributed by atoms with Gasteiger partial charge in [0.15, 0.2) is 0 Å². The summed E-state index contributed by atoms with van der Waals surface area (Å²) in [4.78, 5) is 25.3. The summed E-state index contributed by atoms with van der Waals surface area (Å²) in [5.41, 5.74) is 5.22. The molecule has 5 nitrogen and oxygen atoms in total. The largest absolute Gasteiger partial charge is 1.00 e. The van der Waals surface area contributed by atoms with Gasteiger partial charge in [-0.25, -0.2) is 4.79 Å². The molecular formula is C35H42ClLiNO4S+. The van der Waals surface area contributed by atoms with E-state index in [-0.39, 0.29) is 25.0 Å². The minimum atomic E-state index is -1.03. The van der Waals surface area contributed by atoms with Gasteiger partial charge in [0, 0.05) is 10.6 Å². The summed E-state index contributed by atoms with van der Waals surface area (Å²) in [6.45, 7) is 2.40. The molecule has 3 aromatic carbocycles. The Morgan fingerprint density at radius 3 is 2.47 bits per heavy atom. The molecule has 1 aliphatic carbocycles. The fourth-order valence-electron chi connectivity index (χ4n) is 5.82. The molecule has 0 aromatic heterocycles. The third kappa shape index (κ3) is 10.4. The minimum absolute atomic E-state index is 0. The Bertz CT molecular complexity index is 1350. The van der Waals surface area contributed by atoms with E-state index in [1.807, 2.05) is 67.8 Å². The summed E-state index contributed by atoms with van der Waals surface area (Å²) < 4.78 is 6.58. The monoisotopic (exact) mass is 614 g/mol. The molecular weight excluding hydrogens is 573 g/mol. The number of nitrogens with one attached hydrogen (secondary N) is 1. The van der Waals surface area contributed by atoms with Crippen LogP contribution in [-0.4, -0.2) is 35.0 Å². The number of carboxylic acids is 1. The Kier molecular flexibility index (Phi) is 14.7. The second-order valence-corrected chi connectivity index (χ2v) is 12.7. The molecule has 0 bridgehead atoms. The molecule has 0 aliphatic heterocycles. The predicted molar refractivity (Wildman–Crippen MR) is 173 cm³/mol. The van der Waals surface area contributed by atoms with Crippen LogP contribution in [0.3, 0.4) is 0 Å². The van der Waals surface area contributed by atoms with Crippen molar-refractivity contribution in [3.05, 3.63) is 94.0 Å². The van der Waals surface area contributed by atoms with E-state index < -0.39 is 17.9 Å². The Hall–Kier alpha value is -2.20. The molecule has 2 atom stereocenters.